The quantitative estimate of drug-likeness (QED) is 0.301. The standard InChI is InChI=1S/C36H54N4O7/c1-25-21-40(26(2)24-41)35(43)31-20-30(37-34(42)11-9-18-38(4)5)16-17-32(31)47-27(3)10-7-8-19-46-33(25)23-39(6)22-28-12-14-29(15-13-28)36(44)45/h12-17,20,25-27,33,41H,7-11,18-19,21-24H2,1-6H3,(H,37,42)(H,44,45)/t25-,26+,27-,33-/m0/s1. The average Bonchev–Trinajstić information content (AvgIpc) is 3.02. The maximum atomic E-state index is 14.3. The SMILES string of the molecule is C[C@H](CO)N1C[C@H](C)[C@H](CN(C)Cc2ccc(C(=O)O)cc2)OCCCC[C@H](C)Oc2ccc(NC(=O)CCCN(C)C)cc2C1=O. The van der Waals surface area contributed by atoms with Gasteiger partial charge in [0.25, 0.3) is 5.91 Å². The number of carbonyl (C=O) groups excluding carboxylic acids is 2. The van der Waals surface area contributed by atoms with Crippen molar-refractivity contribution in [2.24, 2.45) is 5.92 Å². The number of aliphatic hydroxyl groups excluding tert-OH is 1. The Balaban J connectivity index is 1.85. The Labute approximate surface area is 279 Å². The van der Waals surface area contributed by atoms with Crippen LogP contribution in [0.2, 0.25) is 0 Å². The lowest BCUT2D eigenvalue weighted by atomic mass is 10.0. The van der Waals surface area contributed by atoms with Gasteiger partial charge in [0, 0.05) is 44.3 Å². The third kappa shape index (κ3) is 12.2. The van der Waals surface area contributed by atoms with Crippen LogP contribution in [0, 0.1) is 5.92 Å². The van der Waals surface area contributed by atoms with Gasteiger partial charge in [0.05, 0.1) is 36.0 Å². The van der Waals surface area contributed by atoms with Crippen LogP contribution in [0.3, 0.4) is 0 Å². The number of likely N-dealkylation sites (N-methyl/N-ethyl adjacent to an activating group) is 1. The number of anilines is 1. The van der Waals surface area contributed by atoms with Crippen LogP contribution in [-0.2, 0) is 16.1 Å². The van der Waals surface area contributed by atoms with Crippen molar-refractivity contribution in [1.29, 1.82) is 0 Å². The first-order chi connectivity index (χ1) is 22.4. The minimum absolute atomic E-state index is 0.0874. The van der Waals surface area contributed by atoms with E-state index in [0.29, 0.717) is 49.7 Å². The van der Waals surface area contributed by atoms with Gasteiger partial charge in [0.2, 0.25) is 5.91 Å². The zero-order valence-electron chi connectivity index (χ0n) is 28.9. The van der Waals surface area contributed by atoms with Crippen LogP contribution in [-0.4, -0.2) is 115 Å². The monoisotopic (exact) mass is 654 g/mol. The lowest BCUT2D eigenvalue weighted by molar-refractivity contribution is -0.116. The first kappa shape index (κ1) is 37.9. The molecule has 0 unspecified atom stereocenters. The van der Waals surface area contributed by atoms with Crippen molar-refractivity contribution in [1.82, 2.24) is 14.7 Å². The first-order valence-electron chi connectivity index (χ1n) is 16.7. The molecule has 3 N–H and O–H groups in total. The zero-order valence-corrected chi connectivity index (χ0v) is 28.9. The summed E-state index contributed by atoms with van der Waals surface area (Å²) in [5.41, 5.74) is 2.10. The molecule has 2 aromatic rings. The van der Waals surface area contributed by atoms with Gasteiger partial charge in [-0.3, -0.25) is 14.5 Å². The molecule has 0 fully saturated rings. The van der Waals surface area contributed by atoms with Crippen LogP contribution >= 0.6 is 0 Å². The summed E-state index contributed by atoms with van der Waals surface area (Å²) in [7, 11) is 5.93. The molecule has 11 nitrogen and oxygen atoms in total. The highest BCUT2D eigenvalue weighted by Gasteiger charge is 2.30. The van der Waals surface area contributed by atoms with E-state index < -0.39 is 12.0 Å². The summed E-state index contributed by atoms with van der Waals surface area (Å²) >= 11 is 0. The number of nitrogens with one attached hydrogen (secondary N) is 1. The molecule has 260 valence electrons. The molecule has 2 amide bonds. The normalized spacial score (nSPS) is 20.3. The highest BCUT2D eigenvalue weighted by atomic mass is 16.5. The molecule has 1 aliphatic rings. The minimum Gasteiger partial charge on any atom is -0.490 e. The summed E-state index contributed by atoms with van der Waals surface area (Å²) in [6.45, 7) is 8.54. The molecule has 0 spiro atoms. The number of amides is 2. The van der Waals surface area contributed by atoms with Crippen molar-refractivity contribution < 1.29 is 34.1 Å². The fraction of sp³-hybridized carbons (Fsp3) is 0.583. The molecule has 0 bridgehead atoms. The third-order valence-electron chi connectivity index (χ3n) is 8.49. The lowest BCUT2D eigenvalue weighted by Crippen LogP contribution is -2.47. The van der Waals surface area contributed by atoms with Crippen molar-refractivity contribution in [2.45, 2.75) is 77.7 Å². The third-order valence-corrected chi connectivity index (χ3v) is 8.49. The summed E-state index contributed by atoms with van der Waals surface area (Å²) in [4.78, 5) is 44.1. The van der Waals surface area contributed by atoms with Gasteiger partial charge in [-0.2, -0.15) is 0 Å². The number of ether oxygens (including phenoxy) is 2. The Hall–Kier alpha value is -3.51. The van der Waals surface area contributed by atoms with Gasteiger partial charge in [-0.05, 0) is 103 Å². The Morgan fingerprint density at radius 3 is 2.47 bits per heavy atom. The molecular weight excluding hydrogens is 600 g/mol. The Kier molecular flexibility index (Phi) is 15.1. The topological polar surface area (TPSA) is 132 Å². The second-order valence-corrected chi connectivity index (χ2v) is 13.2. The van der Waals surface area contributed by atoms with Gasteiger partial charge in [-0.15, -0.1) is 0 Å². The molecule has 0 radical (unpaired) electrons. The molecule has 0 saturated heterocycles. The number of nitrogens with zero attached hydrogens (tertiary/aromatic N) is 3. The van der Waals surface area contributed by atoms with E-state index in [0.717, 1.165) is 37.8 Å². The van der Waals surface area contributed by atoms with Crippen LogP contribution in [0.1, 0.15) is 79.2 Å². The summed E-state index contributed by atoms with van der Waals surface area (Å²) in [5, 5.41) is 22.4. The molecule has 1 heterocycles. The highest BCUT2D eigenvalue weighted by molar-refractivity contribution is 5.99. The Bertz CT molecular complexity index is 1300. The molecule has 3 rings (SSSR count). The first-order valence-corrected chi connectivity index (χ1v) is 16.7. The molecule has 11 heteroatoms. The fourth-order valence-electron chi connectivity index (χ4n) is 5.68. The fourth-order valence-corrected chi connectivity index (χ4v) is 5.68. The van der Waals surface area contributed by atoms with Gasteiger partial charge < -0.3 is 34.8 Å². The molecular formula is C36H54N4O7. The number of carboxylic acids is 1. The maximum Gasteiger partial charge on any atom is 0.335 e. The van der Waals surface area contributed by atoms with E-state index in [1.54, 1.807) is 35.2 Å². The predicted molar refractivity (Wildman–Crippen MR) is 183 cm³/mol. The summed E-state index contributed by atoms with van der Waals surface area (Å²) in [5.74, 6) is -0.995. The van der Waals surface area contributed by atoms with Gasteiger partial charge in [0.15, 0.2) is 0 Å². The average molecular weight is 655 g/mol. The van der Waals surface area contributed by atoms with Crippen LogP contribution in [0.4, 0.5) is 5.69 Å². The van der Waals surface area contributed by atoms with E-state index in [1.807, 2.05) is 52.0 Å². The second kappa shape index (κ2) is 18.7. The van der Waals surface area contributed by atoms with Crippen LogP contribution < -0.4 is 10.1 Å². The van der Waals surface area contributed by atoms with Crippen molar-refractivity contribution in [3.63, 3.8) is 0 Å². The molecule has 47 heavy (non-hydrogen) atoms. The number of rotatable bonds is 12. The van der Waals surface area contributed by atoms with Crippen molar-refractivity contribution in [2.75, 3.05) is 59.3 Å². The molecule has 4 atom stereocenters. The number of fused-ring (bicyclic) bond motifs is 1. The van der Waals surface area contributed by atoms with Crippen molar-refractivity contribution in [3.8, 4) is 5.75 Å². The predicted octanol–water partition coefficient (Wildman–Crippen LogP) is 4.59. The van der Waals surface area contributed by atoms with E-state index in [-0.39, 0.29) is 42.1 Å². The van der Waals surface area contributed by atoms with E-state index >= 15 is 0 Å². The van der Waals surface area contributed by atoms with Gasteiger partial charge >= 0.3 is 5.97 Å². The zero-order chi connectivity index (χ0) is 34.5. The van der Waals surface area contributed by atoms with Crippen molar-refractivity contribution in [3.05, 3.63) is 59.2 Å². The van der Waals surface area contributed by atoms with E-state index in [4.69, 9.17) is 9.47 Å². The van der Waals surface area contributed by atoms with Gasteiger partial charge in [-0.1, -0.05) is 19.1 Å². The largest absolute Gasteiger partial charge is 0.490 e. The Morgan fingerprint density at radius 2 is 1.81 bits per heavy atom. The molecule has 1 aliphatic heterocycles. The second-order valence-electron chi connectivity index (χ2n) is 13.2. The van der Waals surface area contributed by atoms with E-state index in [9.17, 15) is 24.6 Å². The van der Waals surface area contributed by atoms with Gasteiger partial charge in [0.1, 0.15) is 5.75 Å². The summed E-state index contributed by atoms with van der Waals surface area (Å²) < 4.78 is 12.8. The molecule has 0 aliphatic carbocycles. The van der Waals surface area contributed by atoms with Crippen LogP contribution in [0.15, 0.2) is 42.5 Å². The van der Waals surface area contributed by atoms with Gasteiger partial charge in [-0.25, -0.2) is 4.79 Å². The lowest BCUT2D eigenvalue weighted by Gasteiger charge is -2.36. The number of hydrogen-bond acceptors (Lipinski definition) is 8. The number of carboxylic acid groups (broad SMARTS) is 1. The highest BCUT2D eigenvalue weighted by Crippen LogP contribution is 2.29. The van der Waals surface area contributed by atoms with Crippen LogP contribution in [0.5, 0.6) is 5.75 Å². The Morgan fingerprint density at radius 1 is 1.09 bits per heavy atom. The number of aromatic carboxylic acids is 1. The van der Waals surface area contributed by atoms with Crippen molar-refractivity contribution >= 4 is 23.5 Å². The number of hydrogen-bond donors (Lipinski definition) is 3. The number of benzene rings is 2. The smallest absolute Gasteiger partial charge is 0.335 e. The number of aliphatic hydroxyl groups is 1. The summed E-state index contributed by atoms with van der Waals surface area (Å²) in [6, 6.07) is 11.6. The maximum absolute atomic E-state index is 14.3. The van der Waals surface area contributed by atoms with Crippen LogP contribution in [0.25, 0.3) is 0 Å². The molecule has 0 aromatic heterocycles. The van der Waals surface area contributed by atoms with E-state index in [1.165, 1.54) is 0 Å². The minimum atomic E-state index is -0.955. The molecule has 2 aromatic carbocycles. The molecule has 0 saturated carbocycles. The number of carbonyl (C=O) groups is 3. The summed E-state index contributed by atoms with van der Waals surface area (Å²) in [6.07, 6.45) is 3.27. The van der Waals surface area contributed by atoms with E-state index in [2.05, 4.69) is 17.1 Å².